The summed E-state index contributed by atoms with van der Waals surface area (Å²) in [6, 6.07) is 10.3. The van der Waals surface area contributed by atoms with Gasteiger partial charge in [-0.25, -0.2) is 0 Å². The van der Waals surface area contributed by atoms with Gasteiger partial charge in [0.05, 0.1) is 11.6 Å². The number of aliphatic hydroxyl groups excluding tert-OH is 1. The Kier molecular flexibility index (Phi) is 4.67. The molecule has 3 nitrogen and oxygen atoms in total. The van der Waals surface area contributed by atoms with Crippen molar-refractivity contribution in [3.05, 3.63) is 42.1 Å². The fourth-order valence-electron chi connectivity index (χ4n) is 2.01. The first kappa shape index (κ1) is 13.0. The zero-order chi connectivity index (χ0) is 12.8. The summed E-state index contributed by atoms with van der Waals surface area (Å²) >= 11 is 0. The van der Waals surface area contributed by atoms with Gasteiger partial charge < -0.3 is 10.4 Å². The van der Waals surface area contributed by atoms with E-state index in [2.05, 4.69) is 34.6 Å². The Morgan fingerprint density at radius 3 is 2.94 bits per heavy atom. The molecule has 0 bridgehead atoms. The monoisotopic (exact) mass is 244 g/mol. The van der Waals surface area contributed by atoms with Crippen molar-refractivity contribution in [2.75, 3.05) is 6.54 Å². The summed E-state index contributed by atoms with van der Waals surface area (Å²) in [4.78, 5) is 4.42. The zero-order valence-electron chi connectivity index (χ0n) is 10.8. The van der Waals surface area contributed by atoms with E-state index >= 15 is 0 Å². The highest BCUT2D eigenvalue weighted by atomic mass is 16.3. The maximum Gasteiger partial charge on any atom is 0.0746 e. The molecule has 0 aliphatic heterocycles. The van der Waals surface area contributed by atoms with Crippen LogP contribution in [0.5, 0.6) is 0 Å². The standard InChI is InChI=1S/C15H20N2O/c1-2-14(18)8-10-16-11-13-6-3-5-12-7-4-9-17-15(12)13/h3-7,9,14,16,18H,2,8,10-11H2,1H3. The van der Waals surface area contributed by atoms with Gasteiger partial charge in [-0.3, -0.25) is 4.98 Å². The van der Waals surface area contributed by atoms with Crippen molar-refractivity contribution in [2.45, 2.75) is 32.4 Å². The van der Waals surface area contributed by atoms with Crippen LogP contribution in [-0.2, 0) is 6.54 Å². The van der Waals surface area contributed by atoms with E-state index in [0.717, 1.165) is 31.4 Å². The molecule has 0 spiro atoms. The zero-order valence-corrected chi connectivity index (χ0v) is 10.8. The summed E-state index contributed by atoms with van der Waals surface area (Å²) in [6.45, 7) is 3.63. The number of pyridine rings is 1. The smallest absolute Gasteiger partial charge is 0.0746 e. The Morgan fingerprint density at radius 1 is 1.28 bits per heavy atom. The Morgan fingerprint density at radius 2 is 2.11 bits per heavy atom. The van der Waals surface area contributed by atoms with Gasteiger partial charge in [-0.15, -0.1) is 0 Å². The van der Waals surface area contributed by atoms with E-state index in [1.54, 1.807) is 0 Å². The van der Waals surface area contributed by atoms with Crippen LogP contribution in [0.4, 0.5) is 0 Å². The quantitative estimate of drug-likeness (QED) is 0.767. The molecule has 3 heteroatoms. The van der Waals surface area contributed by atoms with Gasteiger partial charge in [0.1, 0.15) is 0 Å². The lowest BCUT2D eigenvalue weighted by Crippen LogP contribution is -2.19. The molecule has 1 heterocycles. The minimum Gasteiger partial charge on any atom is -0.393 e. The number of hydrogen-bond donors (Lipinski definition) is 2. The molecule has 2 aromatic rings. The number of benzene rings is 1. The molecular weight excluding hydrogens is 224 g/mol. The molecule has 0 amide bonds. The van der Waals surface area contributed by atoms with Crippen molar-refractivity contribution in [1.29, 1.82) is 0 Å². The number of nitrogens with zero attached hydrogens (tertiary/aromatic N) is 1. The Bertz CT molecular complexity index is 493. The van der Waals surface area contributed by atoms with E-state index in [1.807, 2.05) is 19.2 Å². The van der Waals surface area contributed by atoms with Crippen LogP contribution in [0.1, 0.15) is 25.3 Å². The van der Waals surface area contributed by atoms with Crippen molar-refractivity contribution < 1.29 is 5.11 Å². The first-order valence-corrected chi connectivity index (χ1v) is 6.52. The van der Waals surface area contributed by atoms with Crippen LogP contribution in [0.15, 0.2) is 36.5 Å². The summed E-state index contributed by atoms with van der Waals surface area (Å²) in [5.41, 5.74) is 2.27. The molecule has 0 radical (unpaired) electrons. The fourth-order valence-corrected chi connectivity index (χ4v) is 2.01. The molecule has 96 valence electrons. The van der Waals surface area contributed by atoms with Crippen LogP contribution < -0.4 is 5.32 Å². The lowest BCUT2D eigenvalue weighted by molar-refractivity contribution is 0.159. The fraction of sp³-hybridized carbons (Fsp3) is 0.400. The van der Waals surface area contributed by atoms with Crippen molar-refractivity contribution in [3.8, 4) is 0 Å². The summed E-state index contributed by atoms with van der Waals surface area (Å²) in [5, 5.41) is 14.0. The first-order valence-electron chi connectivity index (χ1n) is 6.52. The highest BCUT2D eigenvalue weighted by Gasteiger charge is 2.02. The molecule has 0 aliphatic rings. The van der Waals surface area contributed by atoms with Gasteiger partial charge in [0.25, 0.3) is 0 Å². The number of rotatable bonds is 6. The number of aromatic nitrogens is 1. The van der Waals surface area contributed by atoms with Gasteiger partial charge in [0.15, 0.2) is 0 Å². The minimum absolute atomic E-state index is 0.192. The molecule has 0 fully saturated rings. The van der Waals surface area contributed by atoms with Crippen LogP contribution in [0.25, 0.3) is 10.9 Å². The van der Waals surface area contributed by atoms with E-state index in [4.69, 9.17) is 0 Å². The topological polar surface area (TPSA) is 45.1 Å². The normalized spacial score (nSPS) is 12.8. The summed E-state index contributed by atoms with van der Waals surface area (Å²) in [5.74, 6) is 0. The van der Waals surface area contributed by atoms with E-state index in [1.165, 1.54) is 10.9 Å². The molecule has 18 heavy (non-hydrogen) atoms. The molecule has 2 N–H and O–H groups in total. The molecule has 0 saturated heterocycles. The summed E-state index contributed by atoms with van der Waals surface area (Å²) in [7, 11) is 0. The second kappa shape index (κ2) is 6.47. The number of fused-ring (bicyclic) bond motifs is 1. The number of aliphatic hydroxyl groups is 1. The second-order valence-electron chi connectivity index (χ2n) is 4.52. The Hall–Kier alpha value is -1.45. The van der Waals surface area contributed by atoms with Crippen LogP contribution in [0.2, 0.25) is 0 Å². The third-order valence-electron chi connectivity index (χ3n) is 3.16. The van der Waals surface area contributed by atoms with E-state index in [0.29, 0.717) is 0 Å². The van der Waals surface area contributed by atoms with Crippen LogP contribution in [0.3, 0.4) is 0 Å². The van der Waals surface area contributed by atoms with Gasteiger partial charge in [-0.2, -0.15) is 0 Å². The van der Waals surface area contributed by atoms with E-state index < -0.39 is 0 Å². The van der Waals surface area contributed by atoms with Crippen molar-refractivity contribution >= 4 is 10.9 Å². The van der Waals surface area contributed by atoms with Crippen molar-refractivity contribution in [1.82, 2.24) is 10.3 Å². The predicted octanol–water partition coefficient (Wildman–Crippen LogP) is 2.49. The lowest BCUT2D eigenvalue weighted by Gasteiger charge is -2.10. The number of hydrogen-bond acceptors (Lipinski definition) is 3. The average molecular weight is 244 g/mol. The molecule has 1 atom stereocenters. The maximum absolute atomic E-state index is 9.47. The summed E-state index contributed by atoms with van der Waals surface area (Å²) < 4.78 is 0. The van der Waals surface area contributed by atoms with Gasteiger partial charge >= 0.3 is 0 Å². The SMILES string of the molecule is CCC(O)CCNCc1cccc2cccnc12. The largest absolute Gasteiger partial charge is 0.393 e. The summed E-state index contributed by atoms with van der Waals surface area (Å²) in [6.07, 6.45) is 3.25. The highest BCUT2D eigenvalue weighted by Crippen LogP contribution is 2.15. The van der Waals surface area contributed by atoms with Crippen LogP contribution in [0, 0.1) is 0 Å². The minimum atomic E-state index is -0.192. The molecular formula is C15H20N2O. The average Bonchev–Trinajstić information content (AvgIpc) is 2.43. The second-order valence-corrected chi connectivity index (χ2v) is 4.52. The van der Waals surface area contributed by atoms with Gasteiger partial charge in [-0.1, -0.05) is 31.2 Å². The third kappa shape index (κ3) is 3.28. The Labute approximate surface area is 108 Å². The van der Waals surface area contributed by atoms with E-state index in [-0.39, 0.29) is 6.10 Å². The highest BCUT2D eigenvalue weighted by molar-refractivity contribution is 5.81. The lowest BCUT2D eigenvalue weighted by atomic mass is 10.1. The van der Waals surface area contributed by atoms with Gasteiger partial charge in [0, 0.05) is 18.1 Å². The van der Waals surface area contributed by atoms with Crippen LogP contribution in [-0.4, -0.2) is 22.7 Å². The van der Waals surface area contributed by atoms with Crippen molar-refractivity contribution in [3.63, 3.8) is 0 Å². The molecule has 0 aliphatic carbocycles. The van der Waals surface area contributed by atoms with Crippen molar-refractivity contribution in [2.24, 2.45) is 0 Å². The first-order chi connectivity index (χ1) is 8.81. The third-order valence-corrected chi connectivity index (χ3v) is 3.16. The molecule has 0 saturated carbocycles. The number of nitrogens with one attached hydrogen (secondary N) is 1. The Balaban J connectivity index is 1.95. The number of para-hydroxylation sites is 1. The predicted molar refractivity (Wildman–Crippen MR) is 74.4 cm³/mol. The molecule has 1 unspecified atom stereocenters. The van der Waals surface area contributed by atoms with Gasteiger partial charge in [0.2, 0.25) is 0 Å². The molecule has 2 rings (SSSR count). The van der Waals surface area contributed by atoms with Crippen LogP contribution >= 0.6 is 0 Å². The molecule has 1 aromatic carbocycles. The van der Waals surface area contributed by atoms with E-state index in [9.17, 15) is 5.11 Å². The maximum atomic E-state index is 9.47. The van der Waals surface area contributed by atoms with Gasteiger partial charge in [-0.05, 0) is 31.0 Å². The molecule has 1 aromatic heterocycles.